The quantitative estimate of drug-likeness (QED) is 0.624. The highest BCUT2D eigenvalue weighted by Crippen LogP contribution is 2.30. The molecule has 0 radical (unpaired) electrons. The van der Waals surface area contributed by atoms with Crippen molar-refractivity contribution in [3.63, 3.8) is 0 Å². The van der Waals surface area contributed by atoms with Crippen molar-refractivity contribution in [3.05, 3.63) is 42.0 Å². The minimum Gasteiger partial charge on any atom is -0.495 e. The number of hydrogen-bond donors (Lipinski definition) is 2. The van der Waals surface area contributed by atoms with E-state index in [2.05, 4.69) is 10.6 Å². The van der Waals surface area contributed by atoms with Crippen molar-refractivity contribution in [1.82, 2.24) is 4.31 Å². The van der Waals surface area contributed by atoms with Crippen molar-refractivity contribution in [2.75, 3.05) is 50.7 Å². The van der Waals surface area contributed by atoms with Gasteiger partial charge in [0.25, 0.3) is 5.91 Å². The fourth-order valence-electron chi connectivity index (χ4n) is 3.67. The van der Waals surface area contributed by atoms with Crippen LogP contribution < -0.4 is 20.1 Å². The number of nitrogens with one attached hydrogen (secondary N) is 2. The van der Waals surface area contributed by atoms with Crippen LogP contribution in [0.25, 0.3) is 0 Å². The summed E-state index contributed by atoms with van der Waals surface area (Å²) in [4.78, 5) is 24.1. The second-order valence-corrected chi connectivity index (χ2v) is 9.52. The van der Waals surface area contributed by atoms with Crippen molar-refractivity contribution in [2.24, 2.45) is 0 Å². The zero-order valence-electron chi connectivity index (χ0n) is 18.1. The summed E-state index contributed by atoms with van der Waals surface area (Å²) in [5.41, 5.74) is 1.91. The molecule has 0 bridgehead atoms. The number of anilines is 2. The highest BCUT2D eigenvalue weighted by atomic mass is 32.2. The van der Waals surface area contributed by atoms with E-state index in [-0.39, 0.29) is 36.2 Å². The minimum absolute atomic E-state index is 0.0256. The van der Waals surface area contributed by atoms with Gasteiger partial charge in [0.15, 0.2) is 6.61 Å². The smallest absolute Gasteiger partial charge is 0.262 e. The molecule has 2 amide bonds. The fourth-order valence-corrected chi connectivity index (χ4v) is 5.10. The molecule has 2 heterocycles. The van der Waals surface area contributed by atoms with Gasteiger partial charge in [-0.05, 0) is 48.4 Å². The molecule has 2 aromatic rings. The van der Waals surface area contributed by atoms with Crippen LogP contribution in [0.3, 0.4) is 0 Å². The molecule has 2 aliphatic heterocycles. The Kier molecular flexibility index (Phi) is 6.82. The Bertz CT molecular complexity index is 1160. The van der Waals surface area contributed by atoms with Crippen LogP contribution in [0.4, 0.5) is 11.4 Å². The number of rotatable bonds is 7. The third kappa shape index (κ3) is 5.27. The lowest BCUT2D eigenvalue weighted by molar-refractivity contribution is -0.118. The van der Waals surface area contributed by atoms with E-state index in [1.54, 1.807) is 18.2 Å². The van der Waals surface area contributed by atoms with Crippen molar-refractivity contribution in [2.45, 2.75) is 17.7 Å². The number of carbonyl (C=O) groups is 2. The number of carbonyl (C=O) groups excluding carboxylic acids is 2. The summed E-state index contributed by atoms with van der Waals surface area (Å²) >= 11 is 0. The predicted molar refractivity (Wildman–Crippen MR) is 120 cm³/mol. The van der Waals surface area contributed by atoms with Crippen LogP contribution in [-0.2, 0) is 30.8 Å². The second-order valence-electron chi connectivity index (χ2n) is 7.58. The van der Waals surface area contributed by atoms with Gasteiger partial charge in [0.1, 0.15) is 11.5 Å². The molecule has 0 atom stereocenters. The summed E-state index contributed by atoms with van der Waals surface area (Å²) < 4.78 is 43.3. The maximum atomic E-state index is 12.9. The first kappa shape index (κ1) is 23.0. The standard InChI is InChI=1S/C22H25N3O7S/c1-30-20-6-4-17(33(28,29)25-8-10-31-11-9-25)13-19(20)24-22(27)14-32-16-3-5-18-15(12-16)2-7-21(26)23-18/h3-6,12-13H,2,7-11,14H2,1H3,(H,23,26)(H,24,27). The normalized spacial score (nSPS) is 16.5. The van der Waals surface area contributed by atoms with Gasteiger partial charge < -0.3 is 24.8 Å². The molecule has 11 heteroatoms. The number of aryl methyl sites for hydroxylation is 1. The molecule has 2 aliphatic rings. The Morgan fingerprint density at radius 3 is 2.70 bits per heavy atom. The number of sulfonamides is 1. The Morgan fingerprint density at radius 2 is 1.94 bits per heavy atom. The maximum Gasteiger partial charge on any atom is 0.262 e. The summed E-state index contributed by atoms with van der Waals surface area (Å²) in [5.74, 6) is 0.326. The highest BCUT2D eigenvalue weighted by molar-refractivity contribution is 7.89. The van der Waals surface area contributed by atoms with Gasteiger partial charge in [-0.15, -0.1) is 0 Å². The van der Waals surface area contributed by atoms with Gasteiger partial charge in [-0.1, -0.05) is 0 Å². The molecule has 0 saturated carbocycles. The average molecular weight is 476 g/mol. The van der Waals surface area contributed by atoms with Crippen molar-refractivity contribution in [3.8, 4) is 11.5 Å². The van der Waals surface area contributed by atoms with Gasteiger partial charge in [-0.3, -0.25) is 9.59 Å². The molecule has 1 fully saturated rings. The predicted octanol–water partition coefficient (Wildman–Crippen LogP) is 1.62. The molecule has 1 saturated heterocycles. The number of methoxy groups -OCH3 is 1. The molecule has 2 aromatic carbocycles. The van der Waals surface area contributed by atoms with Gasteiger partial charge in [-0.2, -0.15) is 4.31 Å². The first-order valence-electron chi connectivity index (χ1n) is 10.5. The molecule has 0 aromatic heterocycles. The van der Waals surface area contributed by atoms with Gasteiger partial charge >= 0.3 is 0 Å². The molecule has 33 heavy (non-hydrogen) atoms. The third-order valence-corrected chi connectivity index (χ3v) is 7.29. The number of ether oxygens (including phenoxy) is 3. The fraction of sp³-hybridized carbons (Fsp3) is 0.364. The lowest BCUT2D eigenvalue weighted by Crippen LogP contribution is -2.40. The van der Waals surface area contributed by atoms with Crippen LogP contribution in [0, 0.1) is 0 Å². The van der Waals surface area contributed by atoms with Crippen molar-refractivity contribution < 1.29 is 32.2 Å². The van der Waals surface area contributed by atoms with E-state index in [9.17, 15) is 18.0 Å². The van der Waals surface area contributed by atoms with Crippen LogP contribution in [0.2, 0.25) is 0 Å². The largest absolute Gasteiger partial charge is 0.495 e. The summed E-state index contributed by atoms with van der Waals surface area (Å²) in [6.45, 7) is 0.939. The van der Waals surface area contributed by atoms with E-state index in [0.29, 0.717) is 37.6 Å². The van der Waals surface area contributed by atoms with E-state index < -0.39 is 15.9 Å². The number of hydrogen-bond acceptors (Lipinski definition) is 7. The van der Waals surface area contributed by atoms with E-state index in [1.807, 2.05) is 0 Å². The van der Waals surface area contributed by atoms with Gasteiger partial charge in [0.2, 0.25) is 15.9 Å². The Morgan fingerprint density at radius 1 is 1.15 bits per heavy atom. The molecule has 10 nitrogen and oxygen atoms in total. The van der Waals surface area contributed by atoms with Crippen molar-refractivity contribution in [1.29, 1.82) is 0 Å². The number of morpholine rings is 1. The van der Waals surface area contributed by atoms with Gasteiger partial charge in [0, 0.05) is 25.2 Å². The van der Waals surface area contributed by atoms with E-state index in [4.69, 9.17) is 14.2 Å². The van der Waals surface area contributed by atoms with Crippen molar-refractivity contribution >= 4 is 33.2 Å². The van der Waals surface area contributed by atoms with E-state index in [1.165, 1.54) is 29.6 Å². The molecule has 0 unspecified atom stereocenters. The first-order chi connectivity index (χ1) is 15.9. The molecular weight excluding hydrogens is 450 g/mol. The monoisotopic (exact) mass is 475 g/mol. The lowest BCUT2D eigenvalue weighted by Gasteiger charge is -2.26. The Labute approximate surface area is 191 Å². The molecule has 4 rings (SSSR count). The third-order valence-electron chi connectivity index (χ3n) is 5.39. The lowest BCUT2D eigenvalue weighted by atomic mass is 10.0. The van der Waals surface area contributed by atoms with Crippen LogP contribution in [0.1, 0.15) is 12.0 Å². The SMILES string of the molecule is COc1ccc(S(=O)(=O)N2CCOCC2)cc1NC(=O)COc1ccc2c(c1)CCC(=O)N2. The topological polar surface area (TPSA) is 123 Å². The summed E-state index contributed by atoms with van der Waals surface area (Å²) in [7, 11) is -2.29. The molecular formula is C22H25N3O7S. The Hall–Kier alpha value is -3.15. The second kappa shape index (κ2) is 9.77. The van der Waals surface area contributed by atoms with Crippen LogP contribution in [0.5, 0.6) is 11.5 Å². The van der Waals surface area contributed by atoms with Gasteiger partial charge in [-0.25, -0.2) is 8.42 Å². The maximum absolute atomic E-state index is 12.9. The highest BCUT2D eigenvalue weighted by Gasteiger charge is 2.27. The average Bonchev–Trinajstić information content (AvgIpc) is 2.83. The summed E-state index contributed by atoms with van der Waals surface area (Å²) in [5, 5.41) is 5.45. The number of nitrogens with zero attached hydrogens (tertiary/aromatic N) is 1. The molecule has 176 valence electrons. The minimum atomic E-state index is -3.73. The number of fused-ring (bicyclic) bond motifs is 1. The Balaban J connectivity index is 1.44. The summed E-state index contributed by atoms with van der Waals surface area (Å²) in [6.07, 6.45) is 1.01. The molecule has 0 aliphatic carbocycles. The van der Waals surface area contributed by atoms with E-state index in [0.717, 1.165) is 11.3 Å². The van der Waals surface area contributed by atoms with Crippen LogP contribution >= 0.6 is 0 Å². The zero-order valence-corrected chi connectivity index (χ0v) is 18.9. The first-order valence-corrected chi connectivity index (χ1v) is 11.9. The summed E-state index contributed by atoms with van der Waals surface area (Å²) in [6, 6.07) is 9.53. The molecule has 2 N–H and O–H groups in total. The van der Waals surface area contributed by atoms with Crippen LogP contribution in [0.15, 0.2) is 41.3 Å². The van der Waals surface area contributed by atoms with Gasteiger partial charge in [0.05, 0.1) is 30.9 Å². The van der Waals surface area contributed by atoms with Crippen LogP contribution in [-0.4, -0.2) is 64.6 Å². The zero-order chi connectivity index (χ0) is 23.4. The number of amides is 2. The molecule has 0 spiro atoms. The van der Waals surface area contributed by atoms with E-state index >= 15 is 0 Å². The number of benzene rings is 2.